The van der Waals surface area contributed by atoms with Gasteiger partial charge in [0.15, 0.2) is 0 Å². The Bertz CT molecular complexity index is 1180. The van der Waals surface area contributed by atoms with Gasteiger partial charge in [-0.15, -0.1) is 0 Å². The van der Waals surface area contributed by atoms with E-state index in [1.54, 1.807) is 44.6 Å². The molecule has 33 heavy (non-hydrogen) atoms. The molecule has 0 unspecified atom stereocenters. The molecule has 170 valence electrons. The van der Waals surface area contributed by atoms with Gasteiger partial charge in [-0.25, -0.2) is 9.69 Å². The Morgan fingerprint density at radius 1 is 1.00 bits per heavy atom. The van der Waals surface area contributed by atoms with Crippen LogP contribution in [-0.4, -0.2) is 37.9 Å². The number of benzene rings is 1. The Balaban J connectivity index is 1.63. The third-order valence-corrected chi connectivity index (χ3v) is 6.07. The van der Waals surface area contributed by atoms with Crippen molar-refractivity contribution in [3.05, 3.63) is 72.7 Å². The molecule has 1 aliphatic rings. The molecule has 1 fully saturated rings. The van der Waals surface area contributed by atoms with Crippen molar-refractivity contribution in [2.45, 2.75) is 36.3 Å². The second-order valence-electron chi connectivity index (χ2n) is 7.86. The molecule has 10 heteroatoms. The molecule has 1 saturated heterocycles. The summed E-state index contributed by atoms with van der Waals surface area (Å²) in [5, 5.41) is 0. The van der Waals surface area contributed by atoms with Crippen molar-refractivity contribution < 1.29 is 22.8 Å². The zero-order valence-electron chi connectivity index (χ0n) is 17.7. The lowest BCUT2D eigenvalue weighted by molar-refractivity contribution is -0.123. The van der Waals surface area contributed by atoms with Crippen molar-refractivity contribution in [2.24, 2.45) is 0 Å². The van der Waals surface area contributed by atoms with Gasteiger partial charge in [-0.1, -0.05) is 6.07 Å². The number of carbonyl (C=O) groups excluding carboxylic acids is 2. The predicted molar refractivity (Wildman–Crippen MR) is 118 cm³/mol. The van der Waals surface area contributed by atoms with Gasteiger partial charge in [-0.3, -0.25) is 14.8 Å². The number of rotatable bonds is 5. The second kappa shape index (κ2) is 8.51. The Hall–Kier alpha value is -3.40. The standard InChI is InChI=1S/C23H19F3N4O2S/c1-22(2)20(31)30(16-6-8-17(9-7-16)33-23(24,25)26)21(32)29(22)14-15-10-12-27-13-18(15)19-5-3-4-11-28-19/h3-13H,14H2,1-2H3. The molecule has 1 aromatic carbocycles. The van der Waals surface area contributed by atoms with E-state index >= 15 is 0 Å². The average molecular weight is 472 g/mol. The fraction of sp³-hybridized carbons (Fsp3) is 0.217. The third-order valence-electron chi connectivity index (χ3n) is 5.33. The van der Waals surface area contributed by atoms with Gasteiger partial charge >= 0.3 is 11.5 Å². The number of aromatic nitrogens is 2. The molecular weight excluding hydrogens is 453 g/mol. The summed E-state index contributed by atoms with van der Waals surface area (Å²) in [6, 6.07) is 11.9. The summed E-state index contributed by atoms with van der Waals surface area (Å²) in [6.45, 7) is 3.41. The van der Waals surface area contributed by atoms with Crippen molar-refractivity contribution in [3.63, 3.8) is 0 Å². The predicted octanol–water partition coefficient (Wildman–Crippen LogP) is 5.50. The second-order valence-corrected chi connectivity index (χ2v) is 9.00. The molecule has 0 aliphatic carbocycles. The number of hydrogen-bond acceptors (Lipinski definition) is 5. The number of carbonyl (C=O) groups is 2. The van der Waals surface area contributed by atoms with Gasteiger partial charge in [0.05, 0.1) is 11.4 Å². The monoisotopic (exact) mass is 472 g/mol. The van der Waals surface area contributed by atoms with Crippen LogP contribution in [0, 0.1) is 0 Å². The maximum Gasteiger partial charge on any atom is 0.446 e. The molecule has 0 bridgehead atoms. The van der Waals surface area contributed by atoms with Crippen LogP contribution in [0.25, 0.3) is 11.3 Å². The minimum atomic E-state index is -4.42. The van der Waals surface area contributed by atoms with Crippen LogP contribution < -0.4 is 4.90 Å². The van der Waals surface area contributed by atoms with Gasteiger partial charge in [0.1, 0.15) is 5.54 Å². The van der Waals surface area contributed by atoms with Crippen LogP contribution in [0.5, 0.6) is 0 Å². The first-order chi connectivity index (χ1) is 15.6. The minimum absolute atomic E-state index is 0.0294. The Morgan fingerprint density at radius 2 is 1.73 bits per heavy atom. The van der Waals surface area contributed by atoms with E-state index in [0.29, 0.717) is 5.69 Å². The third kappa shape index (κ3) is 4.56. The molecule has 2 aromatic heterocycles. The molecule has 0 atom stereocenters. The van der Waals surface area contributed by atoms with E-state index < -0.39 is 23.0 Å². The SMILES string of the molecule is CC1(C)C(=O)N(c2ccc(SC(F)(F)F)cc2)C(=O)N1Cc1ccncc1-c1ccccn1. The van der Waals surface area contributed by atoms with Gasteiger partial charge in [0.25, 0.3) is 5.91 Å². The number of nitrogens with zero attached hydrogens (tertiary/aromatic N) is 4. The lowest BCUT2D eigenvalue weighted by atomic mass is 10.0. The van der Waals surface area contributed by atoms with Crippen LogP contribution in [0.3, 0.4) is 0 Å². The van der Waals surface area contributed by atoms with Gasteiger partial charge in [-0.2, -0.15) is 13.2 Å². The smallest absolute Gasteiger partial charge is 0.305 e. The number of imide groups is 1. The number of halogens is 3. The number of alkyl halides is 3. The zero-order chi connectivity index (χ0) is 23.8. The zero-order valence-corrected chi connectivity index (χ0v) is 18.5. The number of pyridine rings is 2. The molecule has 0 N–H and O–H groups in total. The Kier molecular flexibility index (Phi) is 5.87. The van der Waals surface area contributed by atoms with Gasteiger partial charge in [0, 0.05) is 35.6 Å². The average Bonchev–Trinajstić information content (AvgIpc) is 2.94. The van der Waals surface area contributed by atoms with Gasteiger partial charge in [-0.05, 0) is 73.6 Å². The number of amides is 3. The van der Waals surface area contributed by atoms with Crippen molar-refractivity contribution in [1.29, 1.82) is 0 Å². The highest BCUT2D eigenvalue weighted by atomic mass is 32.2. The van der Waals surface area contributed by atoms with Crippen LogP contribution >= 0.6 is 11.8 Å². The summed E-state index contributed by atoms with van der Waals surface area (Å²) in [5.41, 5.74) is -3.19. The fourth-order valence-electron chi connectivity index (χ4n) is 3.61. The molecule has 0 saturated carbocycles. The molecule has 3 aromatic rings. The van der Waals surface area contributed by atoms with Crippen LogP contribution in [0.15, 0.2) is 72.0 Å². The molecule has 0 spiro atoms. The van der Waals surface area contributed by atoms with Crippen molar-refractivity contribution in [3.8, 4) is 11.3 Å². The van der Waals surface area contributed by atoms with Crippen LogP contribution in [-0.2, 0) is 11.3 Å². The summed E-state index contributed by atoms with van der Waals surface area (Å²) in [6.07, 6.45) is 4.91. The highest BCUT2D eigenvalue weighted by Crippen LogP contribution is 2.39. The molecule has 3 heterocycles. The van der Waals surface area contributed by atoms with Crippen molar-refractivity contribution in [2.75, 3.05) is 4.90 Å². The first-order valence-corrected chi connectivity index (χ1v) is 10.8. The molecular formula is C23H19F3N4O2S. The maximum atomic E-state index is 13.3. The van der Waals surface area contributed by atoms with E-state index in [0.717, 1.165) is 16.0 Å². The van der Waals surface area contributed by atoms with E-state index in [2.05, 4.69) is 9.97 Å². The van der Waals surface area contributed by atoms with Crippen molar-refractivity contribution >= 4 is 29.4 Å². The normalized spacial score (nSPS) is 15.9. The number of thioether (sulfide) groups is 1. The quantitative estimate of drug-likeness (QED) is 0.362. The van der Waals surface area contributed by atoms with Crippen LogP contribution in [0.1, 0.15) is 19.4 Å². The highest BCUT2D eigenvalue weighted by Gasteiger charge is 2.51. The largest absolute Gasteiger partial charge is 0.446 e. The van der Waals surface area contributed by atoms with Crippen LogP contribution in [0.4, 0.5) is 23.7 Å². The summed E-state index contributed by atoms with van der Waals surface area (Å²) in [4.78, 5) is 37.4. The lowest BCUT2D eigenvalue weighted by Crippen LogP contribution is -2.43. The van der Waals surface area contributed by atoms with E-state index in [1.807, 2.05) is 12.1 Å². The first kappa shape index (κ1) is 22.8. The fourth-order valence-corrected chi connectivity index (χ4v) is 4.15. The summed E-state index contributed by atoms with van der Waals surface area (Å²) in [7, 11) is 0. The highest BCUT2D eigenvalue weighted by molar-refractivity contribution is 8.00. The summed E-state index contributed by atoms with van der Waals surface area (Å²) >= 11 is -0.255. The maximum absolute atomic E-state index is 13.3. The topological polar surface area (TPSA) is 66.4 Å². The van der Waals surface area contributed by atoms with E-state index in [1.165, 1.54) is 29.2 Å². The lowest BCUT2D eigenvalue weighted by Gasteiger charge is -2.28. The Labute approximate surface area is 192 Å². The van der Waals surface area contributed by atoms with E-state index in [-0.39, 0.29) is 28.9 Å². The van der Waals surface area contributed by atoms with E-state index in [4.69, 9.17) is 0 Å². The summed E-state index contributed by atoms with van der Waals surface area (Å²) < 4.78 is 37.8. The number of anilines is 1. The Morgan fingerprint density at radius 3 is 2.36 bits per heavy atom. The van der Waals surface area contributed by atoms with Crippen LogP contribution in [0.2, 0.25) is 0 Å². The number of hydrogen-bond donors (Lipinski definition) is 0. The number of urea groups is 1. The van der Waals surface area contributed by atoms with Crippen molar-refractivity contribution in [1.82, 2.24) is 14.9 Å². The molecule has 0 radical (unpaired) electrons. The summed E-state index contributed by atoms with van der Waals surface area (Å²) in [5.74, 6) is -0.461. The molecule has 4 rings (SSSR count). The van der Waals surface area contributed by atoms with E-state index in [9.17, 15) is 22.8 Å². The molecule has 1 aliphatic heterocycles. The first-order valence-electron chi connectivity index (χ1n) is 9.94. The van der Waals surface area contributed by atoms with Gasteiger partial charge < -0.3 is 4.90 Å². The molecule has 6 nitrogen and oxygen atoms in total. The molecule has 3 amide bonds. The minimum Gasteiger partial charge on any atom is -0.305 e. The van der Waals surface area contributed by atoms with Gasteiger partial charge in [0.2, 0.25) is 0 Å².